The SMILES string of the molecule is O=C(O)C1CCCNC1c1ccc(Cl)cc1. The molecule has 16 heavy (non-hydrogen) atoms. The van der Waals surface area contributed by atoms with E-state index in [0.717, 1.165) is 24.9 Å². The van der Waals surface area contributed by atoms with Crippen molar-refractivity contribution in [3.8, 4) is 0 Å². The van der Waals surface area contributed by atoms with Crippen LogP contribution in [-0.4, -0.2) is 17.6 Å². The predicted octanol–water partition coefficient (Wildman–Crippen LogP) is 2.47. The summed E-state index contributed by atoms with van der Waals surface area (Å²) in [7, 11) is 0. The molecule has 0 amide bonds. The molecule has 1 aromatic rings. The van der Waals surface area contributed by atoms with Crippen molar-refractivity contribution >= 4 is 17.6 Å². The van der Waals surface area contributed by atoms with E-state index in [0.29, 0.717) is 5.02 Å². The van der Waals surface area contributed by atoms with Gasteiger partial charge in [-0.3, -0.25) is 4.79 Å². The van der Waals surface area contributed by atoms with Crippen molar-refractivity contribution in [1.82, 2.24) is 5.32 Å². The number of hydrogen-bond acceptors (Lipinski definition) is 2. The smallest absolute Gasteiger partial charge is 0.308 e. The molecule has 1 fully saturated rings. The third-order valence-corrected chi connectivity index (χ3v) is 3.26. The third-order valence-electron chi connectivity index (χ3n) is 3.00. The van der Waals surface area contributed by atoms with Crippen molar-refractivity contribution < 1.29 is 9.90 Å². The highest BCUT2D eigenvalue weighted by Gasteiger charge is 2.31. The number of carboxylic acids is 1. The Hall–Kier alpha value is -1.06. The quantitative estimate of drug-likeness (QED) is 0.834. The minimum Gasteiger partial charge on any atom is -0.481 e. The van der Waals surface area contributed by atoms with Crippen LogP contribution in [0.15, 0.2) is 24.3 Å². The maximum atomic E-state index is 11.1. The summed E-state index contributed by atoms with van der Waals surface area (Å²) in [5.74, 6) is -1.07. The van der Waals surface area contributed by atoms with Gasteiger partial charge in [0.05, 0.1) is 5.92 Å². The number of aliphatic carboxylic acids is 1. The van der Waals surface area contributed by atoms with Crippen molar-refractivity contribution in [3.05, 3.63) is 34.9 Å². The maximum absolute atomic E-state index is 11.1. The average Bonchev–Trinajstić information content (AvgIpc) is 2.30. The lowest BCUT2D eigenvalue weighted by molar-refractivity contribution is -0.143. The Morgan fingerprint density at radius 2 is 2.06 bits per heavy atom. The van der Waals surface area contributed by atoms with E-state index >= 15 is 0 Å². The molecule has 3 nitrogen and oxygen atoms in total. The van der Waals surface area contributed by atoms with Gasteiger partial charge in [-0.25, -0.2) is 0 Å². The van der Waals surface area contributed by atoms with Crippen LogP contribution in [0.4, 0.5) is 0 Å². The molecule has 0 radical (unpaired) electrons. The first-order valence-electron chi connectivity index (χ1n) is 5.40. The van der Waals surface area contributed by atoms with Crippen LogP contribution in [0.25, 0.3) is 0 Å². The second-order valence-corrected chi connectivity index (χ2v) is 4.51. The van der Waals surface area contributed by atoms with Crippen LogP contribution in [-0.2, 0) is 4.79 Å². The van der Waals surface area contributed by atoms with Gasteiger partial charge in [-0.2, -0.15) is 0 Å². The Kier molecular flexibility index (Phi) is 3.46. The number of rotatable bonds is 2. The van der Waals surface area contributed by atoms with Gasteiger partial charge >= 0.3 is 5.97 Å². The minimum absolute atomic E-state index is 0.0940. The zero-order valence-electron chi connectivity index (χ0n) is 8.82. The lowest BCUT2D eigenvalue weighted by atomic mass is 9.86. The fourth-order valence-corrected chi connectivity index (χ4v) is 2.30. The molecule has 0 aliphatic carbocycles. The van der Waals surface area contributed by atoms with E-state index in [-0.39, 0.29) is 12.0 Å². The summed E-state index contributed by atoms with van der Waals surface area (Å²) in [5, 5.41) is 13.1. The number of piperidine rings is 1. The first-order valence-corrected chi connectivity index (χ1v) is 5.78. The normalized spacial score (nSPS) is 25.3. The topological polar surface area (TPSA) is 49.3 Å². The Balaban J connectivity index is 2.23. The molecule has 1 aromatic carbocycles. The van der Waals surface area contributed by atoms with Crippen molar-refractivity contribution in [2.24, 2.45) is 5.92 Å². The fraction of sp³-hybridized carbons (Fsp3) is 0.417. The number of nitrogens with one attached hydrogen (secondary N) is 1. The fourth-order valence-electron chi connectivity index (χ4n) is 2.17. The molecule has 4 heteroatoms. The molecule has 0 aromatic heterocycles. The lowest BCUT2D eigenvalue weighted by Gasteiger charge is -2.30. The molecule has 2 unspecified atom stereocenters. The van der Waals surface area contributed by atoms with Gasteiger partial charge in [-0.15, -0.1) is 0 Å². The monoisotopic (exact) mass is 239 g/mol. The van der Waals surface area contributed by atoms with E-state index in [2.05, 4.69) is 5.32 Å². The predicted molar refractivity (Wildman–Crippen MR) is 62.6 cm³/mol. The van der Waals surface area contributed by atoms with E-state index in [1.807, 2.05) is 12.1 Å². The van der Waals surface area contributed by atoms with Gasteiger partial charge in [0, 0.05) is 11.1 Å². The summed E-state index contributed by atoms with van der Waals surface area (Å²) >= 11 is 5.81. The van der Waals surface area contributed by atoms with Crippen LogP contribution >= 0.6 is 11.6 Å². The van der Waals surface area contributed by atoms with Gasteiger partial charge in [0.2, 0.25) is 0 Å². The summed E-state index contributed by atoms with van der Waals surface area (Å²) in [6.45, 7) is 0.872. The van der Waals surface area contributed by atoms with Gasteiger partial charge in [-0.05, 0) is 37.1 Å². The van der Waals surface area contributed by atoms with E-state index in [1.54, 1.807) is 12.1 Å². The molecule has 86 valence electrons. The molecule has 2 N–H and O–H groups in total. The van der Waals surface area contributed by atoms with Gasteiger partial charge in [0.15, 0.2) is 0 Å². The first kappa shape index (κ1) is 11.4. The molecule has 1 saturated heterocycles. The van der Waals surface area contributed by atoms with Crippen LogP contribution in [0.3, 0.4) is 0 Å². The summed E-state index contributed by atoms with van der Waals surface area (Å²) in [5.41, 5.74) is 0.997. The highest BCUT2D eigenvalue weighted by atomic mass is 35.5. The van der Waals surface area contributed by atoms with Crippen molar-refractivity contribution in [2.45, 2.75) is 18.9 Å². The number of carboxylic acid groups (broad SMARTS) is 1. The highest BCUT2D eigenvalue weighted by Crippen LogP contribution is 2.30. The van der Waals surface area contributed by atoms with Gasteiger partial charge in [0.25, 0.3) is 0 Å². The molecule has 1 aliphatic rings. The first-order chi connectivity index (χ1) is 7.68. The second-order valence-electron chi connectivity index (χ2n) is 4.07. The number of carbonyl (C=O) groups is 1. The molecular weight excluding hydrogens is 226 g/mol. The Morgan fingerprint density at radius 1 is 1.38 bits per heavy atom. The Bertz CT molecular complexity index is 377. The zero-order chi connectivity index (χ0) is 11.5. The van der Waals surface area contributed by atoms with E-state index < -0.39 is 5.97 Å². The summed E-state index contributed by atoms with van der Waals surface area (Å²) < 4.78 is 0. The number of benzene rings is 1. The third kappa shape index (κ3) is 2.36. The summed E-state index contributed by atoms with van der Waals surface area (Å²) in [4.78, 5) is 11.1. The molecule has 0 saturated carbocycles. The van der Waals surface area contributed by atoms with Crippen LogP contribution in [0.5, 0.6) is 0 Å². The minimum atomic E-state index is -0.729. The standard InChI is InChI=1S/C12H14ClNO2/c13-9-5-3-8(4-6-9)11-10(12(15)16)2-1-7-14-11/h3-6,10-11,14H,1-2,7H2,(H,15,16). The van der Waals surface area contributed by atoms with E-state index in [4.69, 9.17) is 16.7 Å². The molecule has 1 aliphatic heterocycles. The van der Waals surface area contributed by atoms with Crippen LogP contribution in [0.1, 0.15) is 24.4 Å². The molecular formula is C12H14ClNO2. The highest BCUT2D eigenvalue weighted by molar-refractivity contribution is 6.30. The second kappa shape index (κ2) is 4.85. The zero-order valence-corrected chi connectivity index (χ0v) is 9.57. The molecule has 1 heterocycles. The Labute approximate surface area is 99.4 Å². The van der Waals surface area contributed by atoms with Gasteiger partial charge < -0.3 is 10.4 Å². The number of hydrogen-bond donors (Lipinski definition) is 2. The average molecular weight is 240 g/mol. The van der Waals surface area contributed by atoms with Crippen molar-refractivity contribution in [3.63, 3.8) is 0 Å². The van der Waals surface area contributed by atoms with Crippen molar-refractivity contribution in [2.75, 3.05) is 6.54 Å². The summed E-state index contributed by atoms with van der Waals surface area (Å²) in [6, 6.07) is 7.28. The lowest BCUT2D eigenvalue weighted by Crippen LogP contribution is -2.38. The van der Waals surface area contributed by atoms with Gasteiger partial charge in [-0.1, -0.05) is 23.7 Å². The summed E-state index contributed by atoms with van der Waals surface area (Å²) in [6.07, 6.45) is 1.65. The van der Waals surface area contributed by atoms with E-state index in [1.165, 1.54) is 0 Å². The van der Waals surface area contributed by atoms with E-state index in [9.17, 15) is 4.79 Å². The molecule has 2 atom stereocenters. The van der Waals surface area contributed by atoms with Crippen molar-refractivity contribution in [1.29, 1.82) is 0 Å². The largest absolute Gasteiger partial charge is 0.481 e. The number of halogens is 1. The maximum Gasteiger partial charge on any atom is 0.308 e. The Morgan fingerprint density at radius 3 is 2.69 bits per heavy atom. The molecule has 0 bridgehead atoms. The molecule has 0 spiro atoms. The van der Waals surface area contributed by atoms with Gasteiger partial charge in [0.1, 0.15) is 0 Å². The van der Waals surface area contributed by atoms with Crippen LogP contribution < -0.4 is 5.32 Å². The van der Waals surface area contributed by atoms with Crippen LogP contribution in [0, 0.1) is 5.92 Å². The molecule has 2 rings (SSSR count). The van der Waals surface area contributed by atoms with Crippen LogP contribution in [0.2, 0.25) is 5.02 Å².